The zero-order valence-electron chi connectivity index (χ0n) is 11.6. The number of carboxylic acid groups (broad SMARTS) is 1. The number of hydrogen-bond donors (Lipinski definition) is 1. The molecule has 4 heteroatoms. The molecule has 1 aromatic rings. The van der Waals surface area contributed by atoms with Crippen LogP contribution in [0.1, 0.15) is 44.1 Å². The van der Waals surface area contributed by atoms with Crippen molar-refractivity contribution in [3.63, 3.8) is 0 Å². The molecule has 1 N–H and O–H groups in total. The lowest BCUT2D eigenvalue weighted by Gasteiger charge is -2.44. The molecule has 0 aliphatic heterocycles. The van der Waals surface area contributed by atoms with Gasteiger partial charge >= 0.3 is 5.97 Å². The summed E-state index contributed by atoms with van der Waals surface area (Å²) in [6.45, 7) is 0.948. The standard InChI is InChI=1S/C15H23NO2S/c1-16(9-5-13-6-10-19-12-13)15(11-14(17)18)7-3-2-4-8-15/h6,10,12H,2-5,7-9,11H2,1H3,(H,17,18). The van der Waals surface area contributed by atoms with Gasteiger partial charge in [-0.25, -0.2) is 0 Å². The second-order valence-corrected chi connectivity index (χ2v) is 6.44. The van der Waals surface area contributed by atoms with Crippen molar-refractivity contribution in [3.8, 4) is 0 Å². The van der Waals surface area contributed by atoms with Crippen molar-refractivity contribution >= 4 is 17.3 Å². The summed E-state index contributed by atoms with van der Waals surface area (Å²) in [5, 5.41) is 13.5. The summed E-state index contributed by atoms with van der Waals surface area (Å²) < 4.78 is 0. The predicted octanol–water partition coefficient (Wildman–Crippen LogP) is 3.40. The number of nitrogens with zero attached hydrogens (tertiary/aromatic N) is 1. The highest BCUT2D eigenvalue weighted by molar-refractivity contribution is 7.07. The minimum absolute atomic E-state index is 0.111. The molecule has 0 spiro atoms. The Morgan fingerprint density at radius 2 is 2.16 bits per heavy atom. The average Bonchev–Trinajstić information content (AvgIpc) is 2.89. The third-order valence-electron chi connectivity index (χ3n) is 4.39. The predicted molar refractivity (Wildman–Crippen MR) is 78.7 cm³/mol. The van der Waals surface area contributed by atoms with E-state index in [4.69, 9.17) is 0 Å². The largest absolute Gasteiger partial charge is 0.481 e. The highest BCUT2D eigenvalue weighted by atomic mass is 32.1. The van der Waals surface area contributed by atoms with Gasteiger partial charge in [0.1, 0.15) is 0 Å². The Morgan fingerprint density at radius 3 is 2.74 bits per heavy atom. The number of carbonyl (C=O) groups is 1. The van der Waals surface area contributed by atoms with Crippen LogP contribution in [0.5, 0.6) is 0 Å². The maximum absolute atomic E-state index is 11.2. The summed E-state index contributed by atoms with van der Waals surface area (Å²) in [5.74, 6) is -0.663. The minimum Gasteiger partial charge on any atom is -0.481 e. The molecular formula is C15H23NO2S. The molecule has 106 valence electrons. The Kier molecular flexibility index (Phi) is 4.99. The third kappa shape index (κ3) is 3.80. The highest BCUT2D eigenvalue weighted by Crippen LogP contribution is 2.35. The van der Waals surface area contributed by atoms with Crippen molar-refractivity contribution in [2.75, 3.05) is 13.6 Å². The van der Waals surface area contributed by atoms with Gasteiger partial charge < -0.3 is 5.11 Å². The molecule has 0 unspecified atom stereocenters. The van der Waals surface area contributed by atoms with Crippen LogP contribution in [0.3, 0.4) is 0 Å². The van der Waals surface area contributed by atoms with Gasteiger partial charge in [-0.3, -0.25) is 9.69 Å². The van der Waals surface area contributed by atoms with Crippen molar-refractivity contribution in [2.24, 2.45) is 0 Å². The number of thiophene rings is 1. The molecule has 0 saturated heterocycles. The van der Waals surface area contributed by atoms with Gasteiger partial charge in [0.15, 0.2) is 0 Å². The molecule has 0 atom stereocenters. The van der Waals surface area contributed by atoms with E-state index in [1.807, 2.05) is 0 Å². The van der Waals surface area contributed by atoms with E-state index in [1.165, 1.54) is 12.0 Å². The molecular weight excluding hydrogens is 258 g/mol. The first-order chi connectivity index (χ1) is 9.12. The van der Waals surface area contributed by atoms with E-state index in [-0.39, 0.29) is 12.0 Å². The van der Waals surface area contributed by atoms with E-state index in [0.717, 1.165) is 38.6 Å². The van der Waals surface area contributed by atoms with Crippen LogP contribution in [0, 0.1) is 0 Å². The zero-order valence-corrected chi connectivity index (χ0v) is 12.4. The van der Waals surface area contributed by atoms with Crippen molar-refractivity contribution in [2.45, 2.75) is 50.5 Å². The second kappa shape index (κ2) is 6.53. The molecule has 3 nitrogen and oxygen atoms in total. The van der Waals surface area contributed by atoms with Crippen LogP contribution >= 0.6 is 11.3 Å². The molecule has 19 heavy (non-hydrogen) atoms. The Morgan fingerprint density at radius 1 is 1.42 bits per heavy atom. The molecule has 0 radical (unpaired) electrons. The summed E-state index contributed by atoms with van der Waals surface area (Å²) >= 11 is 1.72. The van der Waals surface area contributed by atoms with Crippen LogP contribution in [0.25, 0.3) is 0 Å². The van der Waals surface area contributed by atoms with E-state index >= 15 is 0 Å². The van der Waals surface area contributed by atoms with Crippen molar-refractivity contribution < 1.29 is 9.90 Å². The average molecular weight is 281 g/mol. The van der Waals surface area contributed by atoms with Gasteiger partial charge in [0.2, 0.25) is 0 Å². The molecule has 1 saturated carbocycles. The van der Waals surface area contributed by atoms with Crippen molar-refractivity contribution in [1.82, 2.24) is 4.90 Å². The zero-order chi connectivity index (χ0) is 13.7. The molecule has 0 amide bonds. The number of hydrogen-bond acceptors (Lipinski definition) is 3. The van der Waals surface area contributed by atoms with Gasteiger partial charge in [-0.1, -0.05) is 19.3 Å². The van der Waals surface area contributed by atoms with Crippen molar-refractivity contribution in [3.05, 3.63) is 22.4 Å². The van der Waals surface area contributed by atoms with Gasteiger partial charge in [0, 0.05) is 12.1 Å². The van der Waals surface area contributed by atoms with Crippen LogP contribution in [-0.4, -0.2) is 35.1 Å². The summed E-state index contributed by atoms with van der Waals surface area (Å²) in [5.41, 5.74) is 1.25. The van der Waals surface area contributed by atoms with Gasteiger partial charge in [0.05, 0.1) is 6.42 Å². The maximum Gasteiger partial charge on any atom is 0.305 e. The maximum atomic E-state index is 11.2. The molecule has 1 aliphatic rings. The van der Waals surface area contributed by atoms with E-state index in [9.17, 15) is 9.90 Å². The number of aliphatic carboxylic acids is 1. The van der Waals surface area contributed by atoms with Gasteiger partial charge in [-0.05, 0) is 48.7 Å². The normalized spacial score (nSPS) is 18.6. The van der Waals surface area contributed by atoms with E-state index in [2.05, 4.69) is 28.8 Å². The fourth-order valence-electron chi connectivity index (χ4n) is 3.15. The van der Waals surface area contributed by atoms with E-state index < -0.39 is 5.97 Å². The Bertz CT molecular complexity index is 396. The first-order valence-corrected chi connectivity index (χ1v) is 8.01. The number of rotatable bonds is 6. The van der Waals surface area contributed by atoms with Gasteiger partial charge in [-0.15, -0.1) is 0 Å². The number of likely N-dealkylation sites (N-methyl/N-ethyl adjacent to an activating group) is 1. The molecule has 1 fully saturated rings. The Hall–Kier alpha value is -0.870. The Balaban J connectivity index is 1.98. The van der Waals surface area contributed by atoms with Crippen LogP contribution in [0.15, 0.2) is 16.8 Å². The fourth-order valence-corrected chi connectivity index (χ4v) is 3.86. The molecule has 0 bridgehead atoms. The first-order valence-electron chi connectivity index (χ1n) is 7.06. The van der Waals surface area contributed by atoms with Crippen LogP contribution in [-0.2, 0) is 11.2 Å². The SMILES string of the molecule is CN(CCc1ccsc1)C1(CC(=O)O)CCCCC1. The van der Waals surface area contributed by atoms with Crippen LogP contribution in [0.4, 0.5) is 0 Å². The summed E-state index contributed by atoms with van der Waals surface area (Å²) in [6.07, 6.45) is 6.93. The van der Waals surface area contributed by atoms with Gasteiger partial charge in [0.25, 0.3) is 0 Å². The Labute approximate surface area is 119 Å². The molecule has 1 heterocycles. The van der Waals surface area contributed by atoms with E-state index in [1.54, 1.807) is 11.3 Å². The smallest absolute Gasteiger partial charge is 0.305 e. The fraction of sp³-hybridized carbons (Fsp3) is 0.667. The molecule has 2 rings (SSSR count). The van der Waals surface area contributed by atoms with E-state index in [0.29, 0.717) is 0 Å². The molecule has 0 aromatic carbocycles. The van der Waals surface area contributed by atoms with Crippen LogP contribution < -0.4 is 0 Å². The quantitative estimate of drug-likeness (QED) is 0.869. The third-order valence-corrected chi connectivity index (χ3v) is 5.12. The summed E-state index contributed by atoms with van der Waals surface area (Å²) in [7, 11) is 2.10. The first kappa shape index (κ1) is 14.5. The van der Waals surface area contributed by atoms with Gasteiger partial charge in [-0.2, -0.15) is 11.3 Å². The number of carboxylic acids is 1. The lowest BCUT2D eigenvalue weighted by Crippen LogP contribution is -2.50. The second-order valence-electron chi connectivity index (χ2n) is 5.66. The summed E-state index contributed by atoms with van der Waals surface area (Å²) in [4.78, 5) is 13.5. The van der Waals surface area contributed by atoms with Crippen molar-refractivity contribution in [1.29, 1.82) is 0 Å². The minimum atomic E-state index is -0.663. The lowest BCUT2D eigenvalue weighted by molar-refractivity contribution is -0.141. The molecule has 1 aromatic heterocycles. The monoisotopic (exact) mass is 281 g/mol. The highest BCUT2D eigenvalue weighted by Gasteiger charge is 2.37. The lowest BCUT2D eigenvalue weighted by atomic mass is 9.78. The molecule has 1 aliphatic carbocycles. The topological polar surface area (TPSA) is 40.5 Å². The van der Waals surface area contributed by atoms with Crippen LogP contribution in [0.2, 0.25) is 0 Å². The summed E-state index contributed by atoms with van der Waals surface area (Å²) in [6, 6.07) is 2.16.